The molecular formula is C16H15F3N2S. The third-order valence-electron chi connectivity index (χ3n) is 3.10. The summed E-state index contributed by atoms with van der Waals surface area (Å²) >= 11 is 5.16. The highest BCUT2D eigenvalue weighted by Crippen LogP contribution is 2.29. The van der Waals surface area contributed by atoms with Crippen molar-refractivity contribution in [3.05, 3.63) is 65.2 Å². The molecule has 0 saturated heterocycles. The molecule has 0 amide bonds. The van der Waals surface area contributed by atoms with E-state index < -0.39 is 11.7 Å². The van der Waals surface area contributed by atoms with Gasteiger partial charge < -0.3 is 10.6 Å². The van der Waals surface area contributed by atoms with Crippen LogP contribution in [0.2, 0.25) is 0 Å². The Morgan fingerprint density at radius 3 is 2.50 bits per heavy atom. The molecule has 0 aromatic heterocycles. The molecule has 22 heavy (non-hydrogen) atoms. The standard InChI is InChI=1S/C16H15F3N2S/c1-11-5-2-3-8-14(11)21-15(22)20-10-12-6-4-7-13(9-12)16(17,18)19/h2-9H,10H2,1H3,(H2,20,21,22). The molecule has 0 fully saturated rings. The summed E-state index contributed by atoms with van der Waals surface area (Å²) in [6, 6.07) is 12.8. The molecule has 2 N–H and O–H groups in total. The van der Waals surface area contributed by atoms with Crippen molar-refractivity contribution in [3.63, 3.8) is 0 Å². The summed E-state index contributed by atoms with van der Waals surface area (Å²) in [5, 5.41) is 6.30. The fourth-order valence-electron chi connectivity index (χ4n) is 1.92. The monoisotopic (exact) mass is 324 g/mol. The number of anilines is 1. The largest absolute Gasteiger partial charge is 0.416 e. The Morgan fingerprint density at radius 1 is 1.09 bits per heavy atom. The second kappa shape index (κ2) is 6.79. The Balaban J connectivity index is 1.96. The van der Waals surface area contributed by atoms with Crippen molar-refractivity contribution in [2.45, 2.75) is 19.6 Å². The van der Waals surface area contributed by atoms with Crippen LogP contribution in [0.25, 0.3) is 0 Å². The van der Waals surface area contributed by atoms with Crippen LogP contribution in [-0.2, 0) is 12.7 Å². The summed E-state index contributed by atoms with van der Waals surface area (Å²) in [6.45, 7) is 2.17. The Hall–Kier alpha value is -2.08. The summed E-state index contributed by atoms with van der Waals surface area (Å²) in [6.07, 6.45) is -4.34. The first-order valence-corrected chi connectivity index (χ1v) is 7.04. The van der Waals surface area contributed by atoms with E-state index in [0.29, 0.717) is 10.7 Å². The van der Waals surface area contributed by atoms with Gasteiger partial charge in [0.1, 0.15) is 0 Å². The maximum Gasteiger partial charge on any atom is 0.416 e. The molecule has 2 aromatic carbocycles. The quantitative estimate of drug-likeness (QED) is 0.813. The predicted octanol–water partition coefficient (Wildman–Crippen LogP) is 4.50. The first-order chi connectivity index (χ1) is 10.4. The van der Waals surface area contributed by atoms with Crippen LogP contribution < -0.4 is 10.6 Å². The van der Waals surface area contributed by atoms with Crippen LogP contribution in [0.15, 0.2) is 48.5 Å². The Bertz CT molecular complexity index is 668. The lowest BCUT2D eigenvalue weighted by molar-refractivity contribution is -0.137. The smallest absolute Gasteiger partial charge is 0.358 e. The zero-order chi connectivity index (χ0) is 16.2. The number of halogens is 3. The highest BCUT2D eigenvalue weighted by atomic mass is 32.1. The van der Waals surface area contributed by atoms with Gasteiger partial charge >= 0.3 is 6.18 Å². The van der Waals surface area contributed by atoms with E-state index in [2.05, 4.69) is 10.6 Å². The fraction of sp³-hybridized carbons (Fsp3) is 0.188. The Morgan fingerprint density at radius 2 is 1.82 bits per heavy atom. The summed E-state index contributed by atoms with van der Waals surface area (Å²) in [5.41, 5.74) is 1.75. The average Bonchev–Trinajstić information content (AvgIpc) is 2.47. The van der Waals surface area contributed by atoms with E-state index in [0.717, 1.165) is 23.4 Å². The molecule has 0 unspecified atom stereocenters. The molecule has 0 atom stereocenters. The van der Waals surface area contributed by atoms with Gasteiger partial charge in [-0.3, -0.25) is 0 Å². The molecule has 2 aromatic rings. The van der Waals surface area contributed by atoms with Gasteiger partial charge in [-0.15, -0.1) is 0 Å². The molecule has 2 nitrogen and oxygen atoms in total. The van der Waals surface area contributed by atoms with Crippen molar-refractivity contribution in [2.24, 2.45) is 0 Å². The van der Waals surface area contributed by atoms with E-state index in [4.69, 9.17) is 12.2 Å². The Kier molecular flexibility index (Phi) is 5.03. The van der Waals surface area contributed by atoms with Crippen LogP contribution in [0.5, 0.6) is 0 Å². The van der Waals surface area contributed by atoms with Gasteiger partial charge in [0.15, 0.2) is 5.11 Å². The maximum absolute atomic E-state index is 12.6. The van der Waals surface area contributed by atoms with Gasteiger partial charge in [-0.2, -0.15) is 13.2 Å². The molecule has 2 rings (SSSR count). The van der Waals surface area contributed by atoms with Crippen LogP contribution in [-0.4, -0.2) is 5.11 Å². The van der Waals surface area contributed by atoms with E-state index in [-0.39, 0.29) is 6.54 Å². The highest BCUT2D eigenvalue weighted by molar-refractivity contribution is 7.80. The fourth-order valence-corrected chi connectivity index (χ4v) is 2.10. The van der Waals surface area contributed by atoms with Gasteiger partial charge in [-0.1, -0.05) is 30.3 Å². The number of benzene rings is 2. The van der Waals surface area contributed by atoms with Gasteiger partial charge in [0, 0.05) is 12.2 Å². The predicted molar refractivity (Wildman–Crippen MR) is 85.7 cm³/mol. The SMILES string of the molecule is Cc1ccccc1NC(=S)NCc1cccc(C(F)(F)F)c1. The number of hydrogen-bond acceptors (Lipinski definition) is 1. The van der Waals surface area contributed by atoms with Gasteiger partial charge in [-0.25, -0.2) is 0 Å². The molecule has 0 saturated carbocycles. The number of aryl methyl sites for hydroxylation is 1. The van der Waals surface area contributed by atoms with E-state index in [1.807, 2.05) is 31.2 Å². The highest BCUT2D eigenvalue weighted by Gasteiger charge is 2.30. The number of para-hydroxylation sites is 1. The van der Waals surface area contributed by atoms with Crippen LogP contribution in [0, 0.1) is 6.92 Å². The molecule has 0 aliphatic carbocycles. The average molecular weight is 324 g/mol. The molecule has 0 aliphatic heterocycles. The van der Waals surface area contributed by atoms with Crippen LogP contribution in [0.1, 0.15) is 16.7 Å². The van der Waals surface area contributed by atoms with Crippen molar-refractivity contribution >= 4 is 23.0 Å². The minimum absolute atomic E-state index is 0.224. The van der Waals surface area contributed by atoms with Gasteiger partial charge in [0.2, 0.25) is 0 Å². The van der Waals surface area contributed by atoms with Crippen molar-refractivity contribution in [1.29, 1.82) is 0 Å². The lowest BCUT2D eigenvalue weighted by Crippen LogP contribution is -2.28. The molecular weight excluding hydrogens is 309 g/mol. The Labute approximate surface area is 132 Å². The zero-order valence-corrected chi connectivity index (χ0v) is 12.7. The number of thiocarbonyl (C=S) groups is 1. The van der Waals surface area contributed by atoms with Crippen LogP contribution in [0.3, 0.4) is 0 Å². The summed E-state index contributed by atoms with van der Waals surface area (Å²) < 4.78 is 37.9. The topological polar surface area (TPSA) is 24.1 Å². The lowest BCUT2D eigenvalue weighted by Gasteiger charge is -2.13. The van der Waals surface area contributed by atoms with Gasteiger partial charge in [0.25, 0.3) is 0 Å². The number of nitrogens with one attached hydrogen (secondary N) is 2. The van der Waals surface area contributed by atoms with Crippen LogP contribution >= 0.6 is 12.2 Å². The second-order valence-electron chi connectivity index (χ2n) is 4.82. The molecule has 0 radical (unpaired) electrons. The molecule has 0 aliphatic rings. The minimum atomic E-state index is -4.34. The maximum atomic E-state index is 12.6. The molecule has 6 heteroatoms. The third-order valence-corrected chi connectivity index (χ3v) is 3.35. The summed E-state index contributed by atoms with van der Waals surface area (Å²) in [5.74, 6) is 0. The molecule has 0 heterocycles. The first kappa shape index (κ1) is 16.3. The number of alkyl halides is 3. The van der Waals surface area contributed by atoms with Crippen molar-refractivity contribution in [1.82, 2.24) is 5.32 Å². The number of rotatable bonds is 3. The van der Waals surface area contributed by atoms with Gasteiger partial charge in [0.05, 0.1) is 5.56 Å². The zero-order valence-electron chi connectivity index (χ0n) is 11.9. The normalized spacial score (nSPS) is 11.1. The number of hydrogen-bond donors (Lipinski definition) is 2. The van der Waals surface area contributed by atoms with Crippen LogP contribution in [0.4, 0.5) is 18.9 Å². The minimum Gasteiger partial charge on any atom is -0.358 e. The van der Waals surface area contributed by atoms with E-state index in [1.165, 1.54) is 6.07 Å². The van der Waals surface area contributed by atoms with Crippen molar-refractivity contribution in [3.8, 4) is 0 Å². The summed E-state index contributed by atoms with van der Waals surface area (Å²) in [7, 11) is 0. The van der Waals surface area contributed by atoms with E-state index >= 15 is 0 Å². The summed E-state index contributed by atoms with van der Waals surface area (Å²) in [4.78, 5) is 0. The lowest BCUT2D eigenvalue weighted by atomic mass is 10.1. The second-order valence-corrected chi connectivity index (χ2v) is 5.23. The third kappa shape index (κ3) is 4.46. The van der Waals surface area contributed by atoms with E-state index in [9.17, 15) is 13.2 Å². The van der Waals surface area contributed by atoms with Gasteiger partial charge in [-0.05, 0) is 48.5 Å². The molecule has 0 bridgehead atoms. The molecule has 116 valence electrons. The van der Waals surface area contributed by atoms with Crippen molar-refractivity contribution < 1.29 is 13.2 Å². The molecule has 0 spiro atoms. The first-order valence-electron chi connectivity index (χ1n) is 6.63. The van der Waals surface area contributed by atoms with E-state index in [1.54, 1.807) is 6.07 Å². The van der Waals surface area contributed by atoms with Crippen molar-refractivity contribution in [2.75, 3.05) is 5.32 Å².